The largest absolute Gasteiger partial charge is 0.352 e. The summed E-state index contributed by atoms with van der Waals surface area (Å²) in [4.78, 5) is 32.3. The van der Waals surface area contributed by atoms with Crippen LogP contribution in [0, 0.1) is 0 Å². The van der Waals surface area contributed by atoms with E-state index in [2.05, 4.69) is 64.8 Å². The summed E-state index contributed by atoms with van der Waals surface area (Å²) in [5.74, 6) is -0.0547. The Morgan fingerprint density at radius 1 is 0.897 bits per heavy atom. The average Bonchev–Trinajstić information content (AvgIpc) is 3.52. The van der Waals surface area contributed by atoms with Crippen molar-refractivity contribution in [1.82, 2.24) is 15.1 Å². The molecule has 1 saturated heterocycles. The number of piperidine rings is 1. The van der Waals surface area contributed by atoms with Crippen LogP contribution < -0.4 is 11.1 Å². The quantitative estimate of drug-likeness (QED) is 0.404. The molecule has 3 N–H and O–H groups in total. The summed E-state index contributed by atoms with van der Waals surface area (Å²) in [7, 11) is 0. The molecule has 6 nitrogen and oxygen atoms in total. The Labute approximate surface area is 236 Å². The van der Waals surface area contributed by atoms with Crippen LogP contribution in [0.2, 0.25) is 0 Å². The van der Waals surface area contributed by atoms with E-state index in [1.54, 1.807) is 0 Å². The van der Waals surface area contributed by atoms with Gasteiger partial charge < -0.3 is 16.0 Å². The van der Waals surface area contributed by atoms with E-state index in [-0.39, 0.29) is 29.9 Å². The molecule has 1 aromatic heterocycles. The second-order valence-corrected chi connectivity index (χ2v) is 11.9. The number of thiophene rings is 1. The fourth-order valence-electron chi connectivity index (χ4n) is 6.00. The normalized spacial score (nSPS) is 23.5. The first kappa shape index (κ1) is 27.6. The number of benzene rings is 2. The Morgan fingerprint density at radius 2 is 1.59 bits per heavy atom. The molecule has 1 aliphatic carbocycles. The average molecular weight is 545 g/mol. The van der Waals surface area contributed by atoms with Crippen LogP contribution in [0.1, 0.15) is 59.3 Å². The van der Waals surface area contributed by atoms with Crippen LogP contribution in [0.4, 0.5) is 0 Å². The Kier molecular flexibility index (Phi) is 9.45. The van der Waals surface area contributed by atoms with Crippen LogP contribution >= 0.6 is 11.3 Å². The number of hydrogen-bond acceptors (Lipinski definition) is 5. The molecule has 7 heteroatoms. The molecular formula is C32H40N4O2S. The summed E-state index contributed by atoms with van der Waals surface area (Å²) in [5, 5.41) is 5.22. The molecule has 39 heavy (non-hydrogen) atoms. The van der Waals surface area contributed by atoms with Gasteiger partial charge in [0.25, 0.3) is 5.91 Å². The number of hydrogen-bond donors (Lipinski definition) is 2. The first-order valence-electron chi connectivity index (χ1n) is 14.3. The Balaban J connectivity index is 1.35. The molecular weight excluding hydrogens is 504 g/mol. The highest BCUT2D eigenvalue weighted by Gasteiger charge is 2.39. The molecule has 0 radical (unpaired) electrons. The molecule has 2 fully saturated rings. The van der Waals surface area contributed by atoms with Crippen LogP contribution in [0.25, 0.3) is 0 Å². The number of carbonyl (C=O) groups excluding carboxylic acids is 2. The number of nitrogens with two attached hydrogens (primary N) is 1. The van der Waals surface area contributed by atoms with Crippen molar-refractivity contribution in [2.45, 2.75) is 75.7 Å². The summed E-state index contributed by atoms with van der Waals surface area (Å²) in [6, 6.07) is 25.0. The van der Waals surface area contributed by atoms with Crippen molar-refractivity contribution in [3.8, 4) is 0 Å². The first-order chi connectivity index (χ1) is 19.1. The predicted octanol–water partition coefficient (Wildman–Crippen LogP) is 4.85. The molecule has 2 aliphatic rings. The third-order valence-electron chi connectivity index (χ3n) is 8.26. The molecule has 1 aliphatic heterocycles. The number of amides is 2. The molecule has 2 atom stereocenters. The molecule has 0 spiro atoms. The summed E-state index contributed by atoms with van der Waals surface area (Å²) >= 11 is 1.44. The van der Waals surface area contributed by atoms with Crippen molar-refractivity contribution in [3.63, 3.8) is 0 Å². The van der Waals surface area contributed by atoms with Gasteiger partial charge in [0.1, 0.15) is 6.04 Å². The molecule has 2 heterocycles. The zero-order valence-electron chi connectivity index (χ0n) is 22.6. The zero-order valence-corrected chi connectivity index (χ0v) is 23.4. The SMILES string of the molecule is NC1CCC(NC(=O)[C@H]2CC(N(CCc3ccccc3)Cc3ccccc3)CCN2C(=O)c2cccs2)CC1. The van der Waals surface area contributed by atoms with E-state index in [9.17, 15) is 9.59 Å². The predicted molar refractivity (Wildman–Crippen MR) is 158 cm³/mol. The van der Waals surface area contributed by atoms with E-state index >= 15 is 0 Å². The summed E-state index contributed by atoms with van der Waals surface area (Å²) in [6.07, 6.45) is 6.10. The monoisotopic (exact) mass is 544 g/mol. The fraction of sp³-hybridized carbons (Fsp3) is 0.438. The van der Waals surface area contributed by atoms with E-state index in [1.165, 1.54) is 22.5 Å². The molecule has 2 amide bonds. The highest BCUT2D eigenvalue weighted by Crippen LogP contribution is 2.28. The minimum atomic E-state index is -0.482. The van der Waals surface area contributed by atoms with Gasteiger partial charge in [0.05, 0.1) is 4.88 Å². The second-order valence-electron chi connectivity index (χ2n) is 11.0. The second kappa shape index (κ2) is 13.4. The highest BCUT2D eigenvalue weighted by atomic mass is 32.1. The highest BCUT2D eigenvalue weighted by molar-refractivity contribution is 7.12. The minimum absolute atomic E-state index is 0.0206. The number of nitrogens with one attached hydrogen (secondary N) is 1. The molecule has 1 saturated carbocycles. The Morgan fingerprint density at radius 3 is 2.26 bits per heavy atom. The van der Waals surface area contributed by atoms with Gasteiger partial charge in [0.2, 0.25) is 5.91 Å². The zero-order chi connectivity index (χ0) is 27.0. The van der Waals surface area contributed by atoms with Crippen molar-refractivity contribution in [2.75, 3.05) is 13.1 Å². The van der Waals surface area contributed by atoms with Crippen molar-refractivity contribution in [1.29, 1.82) is 0 Å². The van der Waals surface area contributed by atoms with Crippen LogP contribution in [-0.2, 0) is 17.8 Å². The van der Waals surface area contributed by atoms with Crippen LogP contribution in [-0.4, -0.2) is 58.9 Å². The van der Waals surface area contributed by atoms with Crippen LogP contribution in [0.15, 0.2) is 78.2 Å². The van der Waals surface area contributed by atoms with Gasteiger partial charge in [-0.25, -0.2) is 0 Å². The van der Waals surface area contributed by atoms with Gasteiger partial charge >= 0.3 is 0 Å². The Hall–Kier alpha value is -3.00. The van der Waals surface area contributed by atoms with Gasteiger partial charge in [0, 0.05) is 37.8 Å². The standard InChI is InChI=1S/C32H40N4O2S/c33-26-13-15-27(16-14-26)34-31(37)29-22-28(18-20-36(29)32(38)30-12-7-21-39-30)35(23-25-10-5-2-6-11-25)19-17-24-8-3-1-4-9-24/h1-12,21,26-29H,13-20,22-23,33H2,(H,34,37)/t26?,27?,28?,29-/m1/s1. The number of rotatable bonds is 9. The lowest BCUT2D eigenvalue weighted by molar-refractivity contribution is -0.128. The summed E-state index contributed by atoms with van der Waals surface area (Å²) in [6.45, 7) is 2.30. The van der Waals surface area contributed by atoms with Gasteiger partial charge in [-0.2, -0.15) is 0 Å². The van der Waals surface area contributed by atoms with Gasteiger partial charge in [-0.05, 0) is 67.5 Å². The van der Waals surface area contributed by atoms with E-state index in [0.717, 1.165) is 51.6 Å². The molecule has 3 aromatic rings. The summed E-state index contributed by atoms with van der Waals surface area (Å²) in [5.41, 5.74) is 8.68. The molecule has 0 bridgehead atoms. The number of likely N-dealkylation sites (tertiary alicyclic amines) is 1. The van der Waals surface area contributed by atoms with Gasteiger partial charge in [0.15, 0.2) is 0 Å². The number of nitrogens with zero attached hydrogens (tertiary/aromatic N) is 2. The van der Waals surface area contributed by atoms with Gasteiger partial charge in [-0.1, -0.05) is 66.7 Å². The lowest BCUT2D eigenvalue weighted by Gasteiger charge is -2.43. The minimum Gasteiger partial charge on any atom is -0.352 e. The van der Waals surface area contributed by atoms with Crippen molar-refractivity contribution < 1.29 is 9.59 Å². The van der Waals surface area contributed by atoms with E-state index in [4.69, 9.17) is 5.73 Å². The summed E-state index contributed by atoms with van der Waals surface area (Å²) < 4.78 is 0. The molecule has 206 valence electrons. The maximum absolute atomic E-state index is 13.8. The third-order valence-corrected chi connectivity index (χ3v) is 9.12. The van der Waals surface area contributed by atoms with Crippen molar-refractivity contribution in [3.05, 3.63) is 94.2 Å². The third kappa shape index (κ3) is 7.35. The number of carbonyl (C=O) groups is 2. The first-order valence-corrected chi connectivity index (χ1v) is 15.2. The van der Waals surface area contributed by atoms with E-state index in [1.807, 2.05) is 28.5 Å². The van der Waals surface area contributed by atoms with Crippen molar-refractivity contribution in [2.24, 2.45) is 5.73 Å². The smallest absolute Gasteiger partial charge is 0.264 e. The molecule has 2 aromatic carbocycles. The maximum atomic E-state index is 13.8. The van der Waals surface area contributed by atoms with Crippen LogP contribution in [0.3, 0.4) is 0 Å². The molecule has 1 unspecified atom stereocenters. The fourth-order valence-corrected chi connectivity index (χ4v) is 6.68. The Bertz CT molecular complexity index is 1180. The van der Waals surface area contributed by atoms with Crippen LogP contribution in [0.5, 0.6) is 0 Å². The van der Waals surface area contributed by atoms with E-state index < -0.39 is 6.04 Å². The molecule has 5 rings (SSSR count). The lowest BCUT2D eigenvalue weighted by Crippen LogP contribution is -2.58. The van der Waals surface area contributed by atoms with E-state index in [0.29, 0.717) is 17.8 Å². The lowest BCUT2D eigenvalue weighted by atomic mass is 9.90. The van der Waals surface area contributed by atoms with Crippen molar-refractivity contribution >= 4 is 23.2 Å². The van der Waals surface area contributed by atoms with Gasteiger partial charge in [-0.3, -0.25) is 14.5 Å². The topological polar surface area (TPSA) is 78.7 Å². The van der Waals surface area contributed by atoms with Gasteiger partial charge in [-0.15, -0.1) is 11.3 Å². The maximum Gasteiger partial charge on any atom is 0.264 e.